The van der Waals surface area contributed by atoms with Gasteiger partial charge in [-0.3, -0.25) is 4.79 Å². The molecule has 2 aromatic rings. The second kappa shape index (κ2) is 9.68. The number of anilines is 1. The molecule has 2 aromatic carbocycles. The van der Waals surface area contributed by atoms with Gasteiger partial charge in [0.1, 0.15) is 11.5 Å². The molecule has 1 amide bonds. The molecule has 0 aliphatic rings. The van der Waals surface area contributed by atoms with E-state index >= 15 is 0 Å². The summed E-state index contributed by atoms with van der Waals surface area (Å²) < 4.78 is 10.1. The number of aliphatic carboxylic acids is 1. The van der Waals surface area contributed by atoms with E-state index in [0.717, 1.165) is 17.7 Å². The van der Waals surface area contributed by atoms with Crippen LogP contribution >= 0.6 is 11.6 Å². The molecule has 0 aromatic heterocycles. The number of carbonyl (C=O) groups is 2. The van der Waals surface area contributed by atoms with Gasteiger partial charge in [-0.2, -0.15) is 0 Å². The molecule has 0 spiro atoms. The van der Waals surface area contributed by atoms with Crippen molar-refractivity contribution in [1.29, 1.82) is 0 Å². The number of carboxylic acids is 1. The predicted octanol–water partition coefficient (Wildman–Crippen LogP) is 3.77. The van der Waals surface area contributed by atoms with Crippen molar-refractivity contribution in [3.05, 3.63) is 53.1 Å². The molecule has 0 atom stereocenters. The highest BCUT2D eigenvalue weighted by molar-refractivity contribution is 6.32. The highest BCUT2D eigenvalue weighted by atomic mass is 35.5. The number of carbonyl (C=O) groups excluding carboxylic acids is 1. The van der Waals surface area contributed by atoms with Crippen LogP contribution in [0.5, 0.6) is 11.5 Å². The number of methoxy groups -OCH3 is 1. The fourth-order valence-corrected chi connectivity index (χ4v) is 2.54. The Hall–Kier alpha value is -2.73. The van der Waals surface area contributed by atoms with Gasteiger partial charge in [-0.05, 0) is 48.7 Å². The number of aryl methyl sites for hydroxylation is 1. The summed E-state index contributed by atoms with van der Waals surface area (Å²) in [6, 6.07) is 12.4. The van der Waals surface area contributed by atoms with E-state index in [1.165, 1.54) is 12.1 Å². The molecule has 0 heterocycles. The zero-order valence-electron chi connectivity index (χ0n) is 14.3. The van der Waals surface area contributed by atoms with Crippen LogP contribution in [-0.4, -0.2) is 30.7 Å². The molecule has 26 heavy (non-hydrogen) atoms. The van der Waals surface area contributed by atoms with Crippen molar-refractivity contribution >= 4 is 29.2 Å². The van der Waals surface area contributed by atoms with Gasteiger partial charge in [0.2, 0.25) is 5.91 Å². The van der Waals surface area contributed by atoms with Crippen LogP contribution in [0.4, 0.5) is 5.69 Å². The molecular formula is C19H20ClNO5. The Balaban J connectivity index is 1.79. The van der Waals surface area contributed by atoms with E-state index in [9.17, 15) is 9.59 Å². The van der Waals surface area contributed by atoms with Crippen LogP contribution in [0.15, 0.2) is 42.5 Å². The first-order valence-corrected chi connectivity index (χ1v) is 8.42. The number of carboxylic acid groups (broad SMARTS) is 1. The molecule has 2 N–H and O–H groups in total. The molecule has 0 saturated carbocycles. The van der Waals surface area contributed by atoms with E-state index in [-0.39, 0.29) is 16.7 Å². The van der Waals surface area contributed by atoms with Crippen LogP contribution in [0.3, 0.4) is 0 Å². The minimum absolute atomic E-state index is 0.117. The van der Waals surface area contributed by atoms with Crippen LogP contribution in [0.2, 0.25) is 5.02 Å². The molecule has 0 aliphatic carbocycles. The summed E-state index contributed by atoms with van der Waals surface area (Å²) in [5, 5.41) is 11.6. The number of amides is 1. The largest absolute Gasteiger partial charge is 0.497 e. The molecule has 2 rings (SSSR count). The summed E-state index contributed by atoms with van der Waals surface area (Å²) in [4.78, 5) is 22.5. The van der Waals surface area contributed by atoms with Gasteiger partial charge >= 0.3 is 5.97 Å². The number of benzene rings is 2. The van der Waals surface area contributed by atoms with E-state index < -0.39 is 12.6 Å². The molecule has 7 heteroatoms. The Morgan fingerprint density at radius 2 is 1.88 bits per heavy atom. The Bertz CT molecular complexity index is 761. The monoisotopic (exact) mass is 377 g/mol. The van der Waals surface area contributed by atoms with E-state index in [4.69, 9.17) is 26.2 Å². The van der Waals surface area contributed by atoms with Gasteiger partial charge in [0.15, 0.2) is 6.61 Å². The Labute approximate surface area is 156 Å². The van der Waals surface area contributed by atoms with Crippen molar-refractivity contribution in [3.63, 3.8) is 0 Å². The van der Waals surface area contributed by atoms with Gasteiger partial charge in [-0.1, -0.05) is 23.7 Å². The van der Waals surface area contributed by atoms with Crippen LogP contribution in [0.25, 0.3) is 0 Å². The molecule has 0 aliphatic heterocycles. The van der Waals surface area contributed by atoms with Gasteiger partial charge in [-0.25, -0.2) is 4.79 Å². The zero-order valence-corrected chi connectivity index (χ0v) is 15.1. The molecule has 6 nitrogen and oxygen atoms in total. The number of hydrogen-bond donors (Lipinski definition) is 2. The first-order chi connectivity index (χ1) is 12.5. The number of rotatable bonds is 9. The lowest BCUT2D eigenvalue weighted by atomic mass is 10.1. The maximum Gasteiger partial charge on any atom is 0.341 e. The third-order valence-corrected chi connectivity index (χ3v) is 3.89. The maximum atomic E-state index is 12.0. The van der Waals surface area contributed by atoms with Gasteiger partial charge < -0.3 is 19.9 Å². The maximum absolute atomic E-state index is 12.0. The van der Waals surface area contributed by atoms with Gasteiger partial charge in [0, 0.05) is 12.1 Å². The average Bonchev–Trinajstić information content (AvgIpc) is 2.61. The summed E-state index contributed by atoms with van der Waals surface area (Å²) in [6.07, 6.45) is 1.88. The zero-order chi connectivity index (χ0) is 18.9. The van der Waals surface area contributed by atoms with Gasteiger partial charge in [0.05, 0.1) is 12.1 Å². The first kappa shape index (κ1) is 19.6. The lowest BCUT2D eigenvalue weighted by Gasteiger charge is -2.09. The first-order valence-electron chi connectivity index (χ1n) is 8.05. The second-order valence-corrected chi connectivity index (χ2v) is 5.98. The van der Waals surface area contributed by atoms with Crippen molar-refractivity contribution in [2.45, 2.75) is 19.3 Å². The van der Waals surface area contributed by atoms with E-state index in [2.05, 4.69) is 5.32 Å². The predicted molar refractivity (Wildman–Crippen MR) is 99.1 cm³/mol. The van der Waals surface area contributed by atoms with Crippen molar-refractivity contribution in [2.24, 2.45) is 0 Å². The van der Waals surface area contributed by atoms with Crippen molar-refractivity contribution in [2.75, 3.05) is 19.0 Å². The molecular weight excluding hydrogens is 358 g/mol. The van der Waals surface area contributed by atoms with Gasteiger partial charge in [-0.15, -0.1) is 0 Å². The standard InChI is InChI=1S/C19H20ClNO5/c1-25-15-8-5-13(6-9-15)3-2-4-18(22)21-14-7-10-17(16(20)11-14)26-12-19(23)24/h5-11H,2-4,12H2,1H3,(H,21,22)(H,23,24). The van der Waals surface area contributed by atoms with E-state index in [1.54, 1.807) is 13.2 Å². The van der Waals surface area contributed by atoms with Crippen molar-refractivity contribution in [1.82, 2.24) is 0 Å². The Kier molecular flexibility index (Phi) is 7.29. The van der Waals surface area contributed by atoms with Crippen molar-refractivity contribution in [3.8, 4) is 11.5 Å². The number of hydrogen-bond acceptors (Lipinski definition) is 4. The molecule has 0 saturated heterocycles. The Morgan fingerprint density at radius 1 is 1.15 bits per heavy atom. The quantitative estimate of drug-likeness (QED) is 0.694. The van der Waals surface area contributed by atoms with Crippen LogP contribution in [0.1, 0.15) is 18.4 Å². The fraction of sp³-hybridized carbons (Fsp3) is 0.263. The highest BCUT2D eigenvalue weighted by Crippen LogP contribution is 2.27. The number of nitrogens with one attached hydrogen (secondary N) is 1. The summed E-state index contributed by atoms with van der Waals surface area (Å²) in [5.41, 5.74) is 1.67. The molecule has 138 valence electrons. The topological polar surface area (TPSA) is 84.9 Å². The van der Waals surface area contributed by atoms with Gasteiger partial charge in [0.25, 0.3) is 0 Å². The SMILES string of the molecule is COc1ccc(CCCC(=O)Nc2ccc(OCC(=O)O)c(Cl)c2)cc1. The Morgan fingerprint density at radius 3 is 2.50 bits per heavy atom. The second-order valence-electron chi connectivity index (χ2n) is 5.58. The van der Waals surface area contributed by atoms with Crippen molar-refractivity contribution < 1.29 is 24.2 Å². The minimum Gasteiger partial charge on any atom is -0.497 e. The normalized spacial score (nSPS) is 10.2. The summed E-state index contributed by atoms with van der Waals surface area (Å²) in [7, 11) is 1.62. The summed E-state index contributed by atoms with van der Waals surface area (Å²) in [5.74, 6) is -0.144. The molecule has 0 unspecified atom stereocenters. The van der Waals surface area contributed by atoms with Crippen LogP contribution in [0, 0.1) is 0 Å². The average molecular weight is 378 g/mol. The minimum atomic E-state index is -1.09. The van der Waals surface area contributed by atoms with Crippen LogP contribution < -0.4 is 14.8 Å². The van der Waals surface area contributed by atoms with E-state index in [1.807, 2.05) is 24.3 Å². The summed E-state index contributed by atoms with van der Waals surface area (Å²) in [6.45, 7) is -0.475. The summed E-state index contributed by atoms with van der Waals surface area (Å²) >= 11 is 6.03. The molecule has 0 radical (unpaired) electrons. The third-order valence-electron chi connectivity index (χ3n) is 3.60. The lowest BCUT2D eigenvalue weighted by molar-refractivity contribution is -0.139. The lowest BCUT2D eigenvalue weighted by Crippen LogP contribution is -2.12. The smallest absolute Gasteiger partial charge is 0.341 e. The molecule has 0 bridgehead atoms. The molecule has 0 fully saturated rings. The fourth-order valence-electron chi connectivity index (χ4n) is 2.30. The third kappa shape index (κ3) is 6.29. The van der Waals surface area contributed by atoms with E-state index in [0.29, 0.717) is 18.5 Å². The highest BCUT2D eigenvalue weighted by Gasteiger charge is 2.08. The van der Waals surface area contributed by atoms with Crippen LogP contribution in [-0.2, 0) is 16.0 Å². The number of ether oxygens (including phenoxy) is 2. The number of halogens is 1.